The zero-order chi connectivity index (χ0) is 28.6. The van der Waals surface area contributed by atoms with Crippen LogP contribution in [0, 0.1) is 10.3 Å². The van der Waals surface area contributed by atoms with Crippen molar-refractivity contribution < 1.29 is 23.9 Å². The number of hydrogen-bond donors (Lipinski definition) is 2. The molecule has 11 heteroatoms. The van der Waals surface area contributed by atoms with Crippen LogP contribution in [0.4, 0.5) is 21.0 Å². The van der Waals surface area contributed by atoms with E-state index >= 15 is 0 Å². The second-order valence-electron chi connectivity index (χ2n) is 10.8. The fraction of sp³-hybridized carbons (Fsp3) is 0.429. The summed E-state index contributed by atoms with van der Waals surface area (Å²) >= 11 is 0. The number of ether oxygens (including phenoxy) is 2. The number of unbranched alkanes of at least 4 members (excludes halogenated alkanes) is 1. The minimum absolute atomic E-state index is 0.0515. The Kier molecular flexibility index (Phi) is 9.39. The molecule has 1 aliphatic rings. The number of rotatable bonds is 9. The highest BCUT2D eigenvalue weighted by Gasteiger charge is 2.37. The van der Waals surface area contributed by atoms with E-state index in [9.17, 15) is 19.3 Å². The largest absolute Gasteiger partial charge is 0.444 e. The minimum Gasteiger partial charge on any atom is -0.444 e. The molecule has 39 heavy (non-hydrogen) atoms. The molecular formula is C28H35N5O6. The van der Waals surface area contributed by atoms with E-state index in [0.717, 1.165) is 11.3 Å². The van der Waals surface area contributed by atoms with Gasteiger partial charge in [0.05, 0.1) is 11.1 Å². The Bertz CT molecular complexity index is 1220. The summed E-state index contributed by atoms with van der Waals surface area (Å²) in [7, 11) is 0. The van der Waals surface area contributed by atoms with E-state index in [1.165, 1.54) is 29.3 Å². The minimum atomic E-state index is -0.677. The van der Waals surface area contributed by atoms with Crippen LogP contribution in [-0.4, -0.2) is 47.5 Å². The Morgan fingerprint density at radius 2 is 1.69 bits per heavy atom. The Balaban J connectivity index is 1.56. The van der Waals surface area contributed by atoms with Crippen LogP contribution in [0.25, 0.3) is 0 Å². The van der Waals surface area contributed by atoms with Gasteiger partial charge in [-0.15, -0.1) is 4.91 Å². The van der Waals surface area contributed by atoms with Crippen molar-refractivity contribution in [2.75, 3.05) is 18.4 Å². The van der Waals surface area contributed by atoms with Crippen LogP contribution in [0.15, 0.2) is 58.8 Å². The SMILES string of the molecule is CC(C)(C)OC(=O)NCCCCN1N=C(c2ccc(NC(=O)Oc3ccc(N=O)cc3)cc2)CC(C)(C)C1=O. The Hall–Kier alpha value is -4.28. The molecule has 1 heterocycles. The molecule has 0 aliphatic carbocycles. The summed E-state index contributed by atoms with van der Waals surface area (Å²) in [6.45, 7) is 10.1. The van der Waals surface area contributed by atoms with Gasteiger partial charge in [0.1, 0.15) is 17.0 Å². The van der Waals surface area contributed by atoms with Crippen LogP contribution in [0.2, 0.25) is 0 Å². The van der Waals surface area contributed by atoms with Gasteiger partial charge in [0.25, 0.3) is 0 Å². The van der Waals surface area contributed by atoms with Crippen LogP contribution in [0.1, 0.15) is 59.4 Å². The monoisotopic (exact) mass is 537 g/mol. The maximum atomic E-state index is 13.0. The first-order valence-corrected chi connectivity index (χ1v) is 12.8. The summed E-state index contributed by atoms with van der Waals surface area (Å²) in [6, 6.07) is 13.0. The van der Waals surface area contributed by atoms with Crippen molar-refractivity contribution >= 4 is 35.2 Å². The van der Waals surface area contributed by atoms with Crippen molar-refractivity contribution in [1.82, 2.24) is 10.3 Å². The number of anilines is 1. The third kappa shape index (κ3) is 8.91. The fourth-order valence-corrected chi connectivity index (χ4v) is 3.84. The lowest BCUT2D eigenvalue weighted by atomic mass is 9.82. The van der Waals surface area contributed by atoms with Crippen molar-refractivity contribution in [3.8, 4) is 5.75 Å². The third-order valence-electron chi connectivity index (χ3n) is 5.75. The van der Waals surface area contributed by atoms with Gasteiger partial charge in [-0.25, -0.2) is 14.6 Å². The van der Waals surface area contributed by atoms with Crippen LogP contribution < -0.4 is 15.4 Å². The van der Waals surface area contributed by atoms with Gasteiger partial charge < -0.3 is 14.8 Å². The summed E-state index contributed by atoms with van der Waals surface area (Å²) in [5.74, 6) is 0.227. The van der Waals surface area contributed by atoms with Crippen molar-refractivity contribution in [2.45, 2.75) is 59.5 Å². The average molecular weight is 538 g/mol. The number of benzene rings is 2. The Labute approximate surface area is 227 Å². The number of nitrogens with one attached hydrogen (secondary N) is 2. The highest BCUT2D eigenvalue weighted by atomic mass is 16.6. The summed E-state index contributed by atoms with van der Waals surface area (Å²) in [4.78, 5) is 47.5. The van der Waals surface area contributed by atoms with Gasteiger partial charge in [-0.05, 0) is 80.8 Å². The standard InChI is InChI=1S/C28H35N5O6/c1-27(2,3)39-25(35)29-16-6-7-17-33-24(34)28(4,5)18-23(31-33)19-8-10-20(11-9-19)30-26(36)38-22-14-12-21(32-37)13-15-22/h8-15H,6-7,16-18H2,1-5H3,(H,29,35)(H,30,36). The summed E-state index contributed by atoms with van der Waals surface area (Å²) in [5, 5.41) is 14.3. The van der Waals surface area contributed by atoms with Gasteiger partial charge in [0, 0.05) is 25.2 Å². The molecule has 2 aromatic rings. The van der Waals surface area contributed by atoms with Gasteiger partial charge in [-0.1, -0.05) is 26.0 Å². The van der Waals surface area contributed by atoms with Crippen molar-refractivity contribution in [2.24, 2.45) is 15.7 Å². The molecule has 0 aromatic heterocycles. The van der Waals surface area contributed by atoms with E-state index in [4.69, 9.17) is 9.47 Å². The van der Waals surface area contributed by atoms with Crippen LogP contribution >= 0.6 is 0 Å². The molecule has 0 unspecified atom stereocenters. The molecule has 1 aliphatic heterocycles. The molecule has 3 rings (SSSR count). The molecule has 3 amide bonds. The first kappa shape index (κ1) is 29.3. The number of hydrazone groups is 1. The molecule has 208 valence electrons. The predicted molar refractivity (Wildman–Crippen MR) is 148 cm³/mol. The van der Waals surface area contributed by atoms with E-state index in [1.54, 1.807) is 32.9 Å². The maximum absolute atomic E-state index is 13.0. The van der Waals surface area contributed by atoms with E-state index in [0.29, 0.717) is 38.0 Å². The van der Waals surface area contributed by atoms with Gasteiger partial charge in [0.2, 0.25) is 5.91 Å². The number of alkyl carbamates (subject to hydrolysis) is 1. The van der Waals surface area contributed by atoms with E-state index < -0.39 is 23.2 Å². The molecule has 0 atom stereocenters. The van der Waals surface area contributed by atoms with E-state index in [2.05, 4.69) is 20.9 Å². The highest BCUT2D eigenvalue weighted by Crippen LogP contribution is 2.31. The number of nitroso groups, excluding NO2 is 1. The number of nitrogens with zero attached hydrogens (tertiary/aromatic N) is 3. The molecule has 0 spiro atoms. The van der Waals surface area contributed by atoms with Crippen molar-refractivity contribution in [3.63, 3.8) is 0 Å². The normalized spacial score (nSPS) is 14.7. The quantitative estimate of drug-likeness (QED) is 0.299. The molecule has 0 fully saturated rings. The zero-order valence-corrected chi connectivity index (χ0v) is 22.9. The first-order chi connectivity index (χ1) is 18.4. The summed E-state index contributed by atoms with van der Waals surface area (Å²) < 4.78 is 10.4. The molecule has 2 N–H and O–H groups in total. The average Bonchev–Trinajstić information content (AvgIpc) is 2.86. The molecule has 0 saturated heterocycles. The molecule has 11 nitrogen and oxygen atoms in total. The number of hydrogen-bond acceptors (Lipinski definition) is 8. The van der Waals surface area contributed by atoms with Gasteiger partial charge in [-0.3, -0.25) is 10.1 Å². The number of carbonyl (C=O) groups excluding carboxylic acids is 3. The lowest BCUT2D eigenvalue weighted by molar-refractivity contribution is -0.141. The zero-order valence-electron chi connectivity index (χ0n) is 22.9. The van der Waals surface area contributed by atoms with Gasteiger partial charge in [-0.2, -0.15) is 5.10 Å². The summed E-state index contributed by atoms with van der Waals surface area (Å²) in [5.41, 5.74) is 1.19. The lowest BCUT2D eigenvalue weighted by Crippen LogP contribution is -2.44. The Morgan fingerprint density at radius 1 is 1.03 bits per heavy atom. The van der Waals surface area contributed by atoms with E-state index in [-0.39, 0.29) is 17.3 Å². The van der Waals surface area contributed by atoms with Crippen molar-refractivity contribution in [1.29, 1.82) is 0 Å². The fourth-order valence-electron chi connectivity index (χ4n) is 3.84. The van der Waals surface area contributed by atoms with Crippen LogP contribution in [0.3, 0.4) is 0 Å². The summed E-state index contributed by atoms with van der Waals surface area (Å²) in [6.07, 6.45) is 0.665. The number of carbonyl (C=O) groups is 3. The lowest BCUT2D eigenvalue weighted by Gasteiger charge is -2.34. The molecule has 0 radical (unpaired) electrons. The second kappa shape index (κ2) is 12.5. The first-order valence-electron chi connectivity index (χ1n) is 12.8. The predicted octanol–water partition coefficient (Wildman–Crippen LogP) is 5.96. The Morgan fingerprint density at radius 3 is 2.31 bits per heavy atom. The molecular weight excluding hydrogens is 502 g/mol. The molecule has 2 aromatic carbocycles. The smallest absolute Gasteiger partial charge is 0.417 e. The second-order valence-corrected chi connectivity index (χ2v) is 10.8. The highest BCUT2D eigenvalue weighted by molar-refractivity contribution is 6.06. The maximum Gasteiger partial charge on any atom is 0.417 e. The van der Waals surface area contributed by atoms with Crippen LogP contribution in [-0.2, 0) is 9.53 Å². The molecule has 0 bridgehead atoms. The van der Waals surface area contributed by atoms with Crippen LogP contribution in [0.5, 0.6) is 5.75 Å². The molecule has 0 saturated carbocycles. The van der Waals surface area contributed by atoms with Gasteiger partial charge in [0.15, 0.2) is 0 Å². The van der Waals surface area contributed by atoms with E-state index in [1.807, 2.05) is 26.0 Å². The number of amides is 3. The van der Waals surface area contributed by atoms with Gasteiger partial charge >= 0.3 is 12.2 Å². The topological polar surface area (TPSA) is 139 Å². The van der Waals surface area contributed by atoms with Crippen molar-refractivity contribution in [3.05, 3.63) is 59.0 Å². The third-order valence-corrected chi connectivity index (χ3v) is 5.75.